The molecule has 20 heavy (non-hydrogen) atoms. The van der Waals surface area contributed by atoms with Crippen molar-refractivity contribution in [2.75, 3.05) is 26.0 Å². The third kappa shape index (κ3) is 5.99. The molecule has 1 rings (SSSR count). The molecule has 1 aromatic rings. The molecule has 0 bridgehead atoms. The molecule has 0 spiro atoms. The van der Waals surface area contributed by atoms with Crippen molar-refractivity contribution in [2.45, 2.75) is 20.3 Å². The second-order valence-electron chi connectivity index (χ2n) is 5.33. The van der Waals surface area contributed by atoms with Crippen LogP contribution >= 0.6 is 24.0 Å². The number of methoxy groups -OCH3 is 1. The van der Waals surface area contributed by atoms with Gasteiger partial charge in [-0.15, -0.1) is 12.4 Å². The molecule has 3 N–H and O–H groups in total. The number of carbonyl (C=O) groups is 1. The van der Waals surface area contributed by atoms with Crippen LogP contribution in [0.3, 0.4) is 0 Å². The molecule has 0 heterocycles. The van der Waals surface area contributed by atoms with Crippen molar-refractivity contribution in [3.05, 3.63) is 28.8 Å². The van der Waals surface area contributed by atoms with Crippen LogP contribution in [0, 0.1) is 5.41 Å². The van der Waals surface area contributed by atoms with E-state index in [1.165, 1.54) is 0 Å². The number of halogens is 2. The topological polar surface area (TPSA) is 64.3 Å². The summed E-state index contributed by atoms with van der Waals surface area (Å²) < 4.78 is 5.05. The fraction of sp³-hybridized carbons (Fsp3) is 0.500. The molecule has 4 nitrogen and oxygen atoms in total. The predicted molar refractivity (Wildman–Crippen MR) is 85.7 cm³/mol. The maximum Gasteiger partial charge on any atom is 0.252 e. The van der Waals surface area contributed by atoms with Gasteiger partial charge in [-0.2, -0.15) is 0 Å². The lowest BCUT2D eigenvalue weighted by Gasteiger charge is -2.24. The van der Waals surface area contributed by atoms with Crippen LogP contribution in [0.2, 0.25) is 5.02 Å². The Bertz CT molecular complexity index is 451. The lowest BCUT2D eigenvalue weighted by atomic mass is 9.89. The Morgan fingerprint density at radius 2 is 2.10 bits per heavy atom. The number of ether oxygens (including phenoxy) is 1. The highest BCUT2D eigenvalue weighted by Gasteiger charge is 2.19. The maximum absolute atomic E-state index is 12.0. The van der Waals surface area contributed by atoms with Gasteiger partial charge in [0.05, 0.1) is 10.6 Å². The number of amides is 1. The summed E-state index contributed by atoms with van der Waals surface area (Å²) in [6, 6.07) is 4.87. The normalized spacial score (nSPS) is 10.8. The molecule has 0 aliphatic carbocycles. The summed E-state index contributed by atoms with van der Waals surface area (Å²) in [5.41, 5.74) is 6.56. The first-order valence-corrected chi connectivity index (χ1v) is 6.56. The van der Waals surface area contributed by atoms with Gasteiger partial charge in [-0.1, -0.05) is 25.4 Å². The molecular formula is C14H22Cl2N2O2. The fourth-order valence-corrected chi connectivity index (χ4v) is 1.87. The molecule has 0 saturated heterocycles. The van der Waals surface area contributed by atoms with Crippen molar-refractivity contribution >= 4 is 35.6 Å². The maximum atomic E-state index is 12.0. The number of nitrogens with two attached hydrogens (primary N) is 1. The van der Waals surface area contributed by atoms with Gasteiger partial charge in [0.15, 0.2) is 0 Å². The van der Waals surface area contributed by atoms with Gasteiger partial charge in [-0.25, -0.2) is 0 Å². The van der Waals surface area contributed by atoms with Crippen molar-refractivity contribution in [1.29, 1.82) is 0 Å². The van der Waals surface area contributed by atoms with Crippen molar-refractivity contribution in [2.24, 2.45) is 5.41 Å². The van der Waals surface area contributed by atoms with Crippen LogP contribution in [0.4, 0.5) is 5.69 Å². The van der Waals surface area contributed by atoms with Gasteiger partial charge in [0.2, 0.25) is 0 Å². The molecule has 0 atom stereocenters. The van der Waals surface area contributed by atoms with Crippen LogP contribution in [0.5, 0.6) is 0 Å². The summed E-state index contributed by atoms with van der Waals surface area (Å²) in [5.74, 6) is -0.185. The highest BCUT2D eigenvalue weighted by atomic mass is 35.5. The zero-order valence-corrected chi connectivity index (χ0v) is 13.6. The van der Waals surface area contributed by atoms with Crippen LogP contribution < -0.4 is 11.1 Å². The second-order valence-corrected chi connectivity index (χ2v) is 5.74. The number of hydrogen-bond donors (Lipinski definition) is 2. The van der Waals surface area contributed by atoms with Gasteiger partial charge < -0.3 is 15.8 Å². The van der Waals surface area contributed by atoms with Gasteiger partial charge in [-0.3, -0.25) is 4.79 Å². The number of nitrogen functional groups attached to an aromatic ring is 1. The van der Waals surface area contributed by atoms with E-state index in [0.29, 0.717) is 29.4 Å². The average Bonchev–Trinajstić information content (AvgIpc) is 2.34. The number of nitrogens with one attached hydrogen (secondary N) is 1. The van der Waals surface area contributed by atoms with E-state index in [1.807, 2.05) is 0 Å². The van der Waals surface area contributed by atoms with E-state index in [2.05, 4.69) is 19.2 Å². The summed E-state index contributed by atoms with van der Waals surface area (Å²) in [6.45, 7) is 5.40. The Morgan fingerprint density at radius 3 is 2.65 bits per heavy atom. The van der Waals surface area contributed by atoms with Gasteiger partial charge in [0, 0.05) is 25.9 Å². The minimum absolute atomic E-state index is 0. The molecule has 0 aliphatic rings. The number of hydrogen-bond acceptors (Lipinski definition) is 3. The highest BCUT2D eigenvalue weighted by molar-refractivity contribution is 6.34. The van der Waals surface area contributed by atoms with Gasteiger partial charge in [0.25, 0.3) is 5.91 Å². The summed E-state index contributed by atoms with van der Waals surface area (Å²) in [5, 5.41) is 3.26. The molecule has 1 aromatic carbocycles. The van der Waals surface area contributed by atoms with E-state index in [4.69, 9.17) is 22.1 Å². The first-order chi connectivity index (χ1) is 8.85. The molecule has 0 radical (unpaired) electrons. The lowest BCUT2D eigenvalue weighted by molar-refractivity contribution is 0.0921. The molecule has 1 amide bonds. The van der Waals surface area contributed by atoms with Crippen LogP contribution in [-0.4, -0.2) is 26.2 Å². The molecule has 0 saturated carbocycles. The molecule has 0 aromatic heterocycles. The summed E-state index contributed by atoms with van der Waals surface area (Å²) in [6.07, 6.45) is 0.874. The monoisotopic (exact) mass is 320 g/mol. The Hall–Kier alpha value is -0.970. The number of anilines is 1. The van der Waals surface area contributed by atoms with E-state index in [9.17, 15) is 4.79 Å². The fourth-order valence-electron chi connectivity index (χ4n) is 1.60. The Morgan fingerprint density at radius 1 is 1.45 bits per heavy atom. The third-order valence-corrected chi connectivity index (χ3v) is 3.26. The van der Waals surface area contributed by atoms with Crippen molar-refractivity contribution in [3.8, 4) is 0 Å². The average molecular weight is 321 g/mol. The van der Waals surface area contributed by atoms with Crippen LogP contribution in [0.15, 0.2) is 18.2 Å². The zero-order valence-electron chi connectivity index (χ0n) is 12.0. The standard InChI is InChI=1S/C14H21ClN2O2.ClH/c1-14(2,6-7-19-3)9-17-13(18)11-5-4-10(16)8-12(11)15;/h4-5,8H,6-7,9,16H2,1-3H3,(H,17,18);1H. The zero-order chi connectivity index (χ0) is 14.5. The quantitative estimate of drug-likeness (QED) is 0.791. The first kappa shape index (κ1) is 19.0. The summed E-state index contributed by atoms with van der Waals surface area (Å²) >= 11 is 6.00. The largest absolute Gasteiger partial charge is 0.399 e. The highest BCUT2D eigenvalue weighted by Crippen LogP contribution is 2.21. The van der Waals surface area contributed by atoms with Crippen molar-refractivity contribution in [3.63, 3.8) is 0 Å². The molecule has 114 valence electrons. The smallest absolute Gasteiger partial charge is 0.252 e. The minimum Gasteiger partial charge on any atom is -0.399 e. The van der Waals surface area contributed by atoms with Gasteiger partial charge >= 0.3 is 0 Å². The molecule has 6 heteroatoms. The lowest BCUT2D eigenvalue weighted by Crippen LogP contribution is -2.34. The van der Waals surface area contributed by atoms with E-state index < -0.39 is 0 Å². The van der Waals surface area contributed by atoms with Crippen molar-refractivity contribution in [1.82, 2.24) is 5.32 Å². The Balaban J connectivity index is 0.00000361. The summed E-state index contributed by atoms with van der Waals surface area (Å²) in [4.78, 5) is 12.0. The molecule has 0 fully saturated rings. The summed E-state index contributed by atoms with van der Waals surface area (Å²) in [7, 11) is 1.67. The molecule has 0 aliphatic heterocycles. The van der Waals surface area contributed by atoms with Crippen molar-refractivity contribution < 1.29 is 9.53 Å². The van der Waals surface area contributed by atoms with E-state index in [1.54, 1.807) is 25.3 Å². The first-order valence-electron chi connectivity index (χ1n) is 6.18. The van der Waals surface area contributed by atoms with E-state index >= 15 is 0 Å². The Labute approximate surface area is 131 Å². The molecular weight excluding hydrogens is 299 g/mol. The van der Waals surface area contributed by atoms with E-state index in [-0.39, 0.29) is 23.7 Å². The second kappa shape index (κ2) is 8.35. The van der Waals surface area contributed by atoms with E-state index in [0.717, 1.165) is 6.42 Å². The number of rotatable bonds is 6. The SMILES string of the molecule is COCCC(C)(C)CNC(=O)c1ccc(N)cc1Cl.Cl. The van der Waals surface area contributed by atoms with Gasteiger partial charge in [0.1, 0.15) is 0 Å². The number of carbonyl (C=O) groups excluding carboxylic acids is 1. The molecule has 0 unspecified atom stereocenters. The van der Waals surface area contributed by atoms with Crippen LogP contribution in [-0.2, 0) is 4.74 Å². The Kier molecular flexibility index (Phi) is 7.94. The third-order valence-electron chi connectivity index (χ3n) is 2.95. The van der Waals surface area contributed by atoms with Gasteiger partial charge in [-0.05, 0) is 30.0 Å². The van der Waals surface area contributed by atoms with Crippen LogP contribution in [0.25, 0.3) is 0 Å². The number of benzene rings is 1. The minimum atomic E-state index is -0.185. The van der Waals surface area contributed by atoms with Crippen LogP contribution in [0.1, 0.15) is 30.6 Å². The predicted octanol–water partition coefficient (Wildman–Crippen LogP) is 3.14.